The van der Waals surface area contributed by atoms with Crippen LogP contribution in [0.15, 0.2) is 60.3 Å². The number of imide groups is 1. The number of urea groups is 1. The van der Waals surface area contributed by atoms with E-state index in [0.29, 0.717) is 5.70 Å². The molecule has 2 heterocycles. The predicted molar refractivity (Wildman–Crippen MR) is 103 cm³/mol. The van der Waals surface area contributed by atoms with Crippen molar-refractivity contribution in [3.05, 3.63) is 71.4 Å². The first kappa shape index (κ1) is 17.3. The molecule has 0 atom stereocenters. The molecule has 2 fully saturated rings. The van der Waals surface area contributed by atoms with Gasteiger partial charge in [0.05, 0.1) is 19.8 Å². The molecule has 1 N–H and O–H groups in total. The van der Waals surface area contributed by atoms with Gasteiger partial charge in [-0.1, -0.05) is 42.5 Å². The second kappa shape index (κ2) is 7.63. The standard InChI is InChI=1S/C21H21N3O3/c25-20-19(22-21(26)24(20)15-17-4-2-1-3-5-17)14-16-6-8-18(9-7-16)23-10-12-27-13-11-23/h1-9,14H,10-13,15H2,(H,22,26)/b19-14-. The molecule has 0 spiro atoms. The molecule has 6 nitrogen and oxygen atoms in total. The van der Waals surface area contributed by atoms with Gasteiger partial charge in [0.25, 0.3) is 5.91 Å². The lowest BCUT2D eigenvalue weighted by Crippen LogP contribution is -2.36. The van der Waals surface area contributed by atoms with Gasteiger partial charge in [-0.2, -0.15) is 0 Å². The van der Waals surface area contributed by atoms with E-state index in [9.17, 15) is 9.59 Å². The maximum absolute atomic E-state index is 12.6. The lowest BCUT2D eigenvalue weighted by atomic mass is 10.1. The van der Waals surface area contributed by atoms with E-state index < -0.39 is 0 Å². The fourth-order valence-electron chi connectivity index (χ4n) is 3.25. The number of ether oxygens (including phenoxy) is 1. The van der Waals surface area contributed by atoms with Crippen LogP contribution in [0, 0.1) is 0 Å². The van der Waals surface area contributed by atoms with E-state index in [1.165, 1.54) is 4.90 Å². The third kappa shape index (κ3) is 3.85. The molecule has 2 aromatic rings. The van der Waals surface area contributed by atoms with Crippen LogP contribution in [-0.2, 0) is 16.1 Å². The molecule has 3 amide bonds. The van der Waals surface area contributed by atoms with Crippen LogP contribution in [0.1, 0.15) is 11.1 Å². The normalized spacial score (nSPS) is 18.9. The molecule has 0 radical (unpaired) electrons. The van der Waals surface area contributed by atoms with Crippen molar-refractivity contribution in [3.8, 4) is 0 Å². The number of carbonyl (C=O) groups excluding carboxylic acids is 2. The molecule has 27 heavy (non-hydrogen) atoms. The summed E-state index contributed by atoms with van der Waals surface area (Å²) < 4.78 is 5.37. The second-order valence-electron chi connectivity index (χ2n) is 6.56. The first-order valence-corrected chi connectivity index (χ1v) is 9.02. The smallest absolute Gasteiger partial charge is 0.329 e. The zero-order valence-electron chi connectivity index (χ0n) is 14.9. The molecule has 2 aromatic carbocycles. The van der Waals surface area contributed by atoms with Gasteiger partial charge in [-0.15, -0.1) is 0 Å². The molecular weight excluding hydrogens is 342 g/mol. The molecular formula is C21H21N3O3. The Bertz CT molecular complexity index is 856. The molecule has 2 saturated heterocycles. The quantitative estimate of drug-likeness (QED) is 0.670. The first-order chi connectivity index (χ1) is 13.2. The highest BCUT2D eigenvalue weighted by Gasteiger charge is 2.33. The van der Waals surface area contributed by atoms with Gasteiger partial charge in [-0.05, 0) is 29.3 Å². The van der Waals surface area contributed by atoms with Crippen molar-refractivity contribution in [1.82, 2.24) is 10.2 Å². The number of anilines is 1. The molecule has 0 bridgehead atoms. The van der Waals surface area contributed by atoms with Crippen molar-refractivity contribution in [1.29, 1.82) is 0 Å². The van der Waals surface area contributed by atoms with E-state index in [0.717, 1.165) is 43.1 Å². The number of carbonyl (C=O) groups is 2. The SMILES string of the molecule is O=C1N/C(=C\c2ccc(N3CCOCC3)cc2)C(=O)N1Cc1ccccc1. The molecule has 4 rings (SSSR count). The highest BCUT2D eigenvalue weighted by Crippen LogP contribution is 2.20. The van der Waals surface area contributed by atoms with E-state index in [4.69, 9.17) is 4.74 Å². The molecule has 0 saturated carbocycles. The summed E-state index contributed by atoms with van der Waals surface area (Å²) in [6.45, 7) is 3.50. The molecule has 138 valence electrons. The van der Waals surface area contributed by atoms with Gasteiger partial charge < -0.3 is 15.0 Å². The fraction of sp³-hybridized carbons (Fsp3) is 0.238. The minimum Gasteiger partial charge on any atom is -0.378 e. The average molecular weight is 363 g/mol. The Morgan fingerprint density at radius 1 is 0.963 bits per heavy atom. The number of hydrogen-bond acceptors (Lipinski definition) is 4. The van der Waals surface area contributed by atoms with Crippen LogP contribution in [0.2, 0.25) is 0 Å². The summed E-state index contributed by atoms with van der Waals surface area (Å²) in [4.78, 5) is 28.3. The fourth-order valence-corrected chi connectivity index (χ4v) is 3.25. The molecule has 2 aliphatic heterocycles. The lowest BCUT2D eigenvalue weighted by molar-refractivity contribution is -0.123. The number of nitrogens with zero attached hydrogens (tertiary/aromatic N) is 2. The third-order valence-corrected chi connectivity index (χ3v) is 4.73. The highest BCUT2D eigenvalue weighted by atomic mass is 16.5. The van der Waals surface area contributed by atoms with Crippen LogP contribution in [0.4, 0.5) is 10.5 Å². The Balaban J connectivity index is 1.47. The summed E-state index contributed by atoms with van der Waals surface area (Å²) >= 11 is 0. The zero-order chi connectivity index (χ0) is 18.6. The molecule has 0 aliphatic carbocycles. The van der Waals surface area contributed by atoms with Gasteiger partial charge in [0.1, 0.15) is 5.70 Å². The number of benzene rings is 2. The Kier molecular flexibility index (Phi) is 4.89. The Hall–Kier alpha value is -3.12. The number of rotatable bonds is 4. The largest absolute Gasteiger partial charge is 0.378 e. The molecule has 2 aliphatic rings. The van der Waals surface area contributed by atoms with Crippen molar-refractivity contribution in [2.45, 2.75) is 6.54 Å². The number of morpholine rings is 1. The summed E-state index contributed by atoms with van der Waals surface area (Å²) in [5.74, 6) is -0.305. The topological polar surface area (TPSA) is 61.9 Å². The molecule has 6 heteroatoms. The van der Waals surface area contributed by atoms with Gasteiger partial charge in [-0.25, -0.2) is 4.79 Å². The summed E-state index contributed by atoms with van der Waals surface area (Å²) in [7, 11) is 0. The number of nitrogens with one attached hydrogen (secondary N) is 1. The van der Waals surface area contributed by atoms with E-state index in [1.54, 1.807) is 6.08 Å². The maximum atomic E-state index is 12.6. The molecule has 0 unspecified atom stereocenters. The van der Waals surface area contributed by atoms with Crippen LogP contribution in [0.3, 0.4) is 0 Å². The van der Waals surface area contributed by atoms with Gasteiger partial charge in [0.2, 0.25) is 0 Å². The van der Waals surface area contributed by atoms with Gasteiger partial charge in [-0.3, -0.25) is 9.69 Å². The zero-order valence-corrected chi connectivity index (χ0v) is 14.9. The van der Waals surface area contributed by atoms with Crippen molar-refractivity contribution in [2.24, 2.45) is 0 Å². The van der Waals surface area contributed by atoms with Crippen LogP contribution >= 0.6 is 0 Å². The van der Waals surface area contributed by atoms with E-state index in [2.05, 4.69) is 10.2 Å². The second-order valence-corrected chi connectivity index (χ2v) is 6.56. The van der Waals surface area contributed by atoms with Gasteiger partial charge in [0, 0.05) is 18.8 Å². The van der Waals surface area contributed by atoms with E-state index in [-0.39, 0.29) is 18.5 Å². The summed E-state index contributed by atoms with van der Waals surface area (Å²) in [6, 6.07) is 17.1. The summed E-state index contributed by atoms with van der Waals surface area (Å²) in [5.41, 5.74) is 3.22. The molecule has 0 aromatic heterocycles. The van der Waals surface area contributed by atoms with E-state index >= 15 is 0 Å². The highest BCUT2D eigenvalue weighted by molar-refractivity contribution is 6.13. The monoisotopic (exact) mass is 363 g/mol. The first-order valence-electron chi connectivity index (χ1n) is 9.02. The summed E-state index contributed by atoms with van der Waals surface area (Å²) in [6.07, 6.45) is 1.72. The predicted octanol–water partition coefficient (Wildman–Crippen LogP) is 2.62. The van der Waals surface area contributed by atoms with Crippen molar-refractivity contribution < 1.29 is 14.3 Å². The minimum atomic E-state index is -0.389. The van der Waals surface area contributed by atoms with Gasteiger partial charge in [0.15, 0.2) is 0 Å². The van der Waals surface area contributed by atoms with Crippen LogP contribution in [0.5, 0.6) is 0 Å². The Morgan fingerprint density at radius 2 is 1.67 bits per heavy atom. The van der Waals surface area contributed by atoms with E-state index in [1.807, 2.05) is 54.6 Å². The maximum Gasteiger partial charge on any atom is 0.329 e. The van der Waals surface area contributed by atoms with Gasteiger partial charge >= 0.3 is 6.03 Å². The number of amides is 3. The van der Waals surface area contributed by atoms with Crippen molar-refractivity contribution >= 4 is 23.7 Å². The van der Waals surface area contributed by atoms with Crippen LogP contribution < -0.4 is 10.2 Å². The lowest BCUT2D eigenvalue weighted by Gasteiger charge is -2.28. The van der Waals surface area contributed by atoms with Crippen LogP contribution in [-0.4, -0.2) is 43.1 Å². The average Bonchev–Trinajstić information content (AvgIpc) is 2.97. The number of hydrogen-bond donors (Lipinski definition) is 1. The minimum absolute atomic E-state index is 0.263. The van der Waals surface area contributed by atoms with Crippen molar-refractivity contribution in [2.75, 3.05) is 31.2 Å². The Labute approximate surface area is 158 Å². The van der Waals surface area contributed by atoms with Crippen LogP contribution in [0.25, 0.3) is 6.08 Å². The Morgan fingerprint density at radius 3 is 2.37 bits per heavy atom. The summed E-state index contributed by atoms with van der Waals surface area (Å²) in [5, 5.41) is 2.67. The third-order valence-electron chi connectivity index (χ3n) is 4.73. The van der Waals surface area contributed by atoms with Crippen molar-refractivity contribution in [3.63, 3.8) is 0 Å².